The lowest BCUT2D eigenvalue weighted by atomic mass is 9.82. The molecular formula is C24H35FN4O3S. The van der Waals surface area contributed by atoms with Crippen LogP contribution in [0.4, 0.5) is 3.89 Å². The molecule has 1 aromatic heterocycles. The Morgan fingerprint density at radius 1 is 0.909 bits per heavy atom. The van der Waals surface area contributed by atoms with Gasteiger partial charge in [0, 0.05) is 7.05 Å². The van der Waals surface area contributed by atoms with E-state index in [0.717, 1.165) is 41.4 Å². The fourth-order valence-corrected chi connectivity index (χ4v) is 6.28. The zero-order valence-electron chi connectivity index (χ0n) is 19.7. The van der Waals surface area contributed by atoms with Gasteiger partial charge in [-0.3, -0.25) is 0 Å². The van der Waals surface area contributed by atoms with Crippen LogP contribution in [0.2, 0.25) is 0 Å². The Morgan fingerprint density at radius 3 is 2.06 bits per heavy atom. The number of unbranched alkanes of at least 4 members (excludes halogenated alkanes) is 8. The van der Waals surface area contributed by atoms with Crippen molar-refractivity contribution in [1.82, 2.24) is 13.9 Å². The molecule has 5 rings (SSSR count). The van der Waals surface area contributed by atoms with Gasteiger partial charge in [-0.1, -0.05) is 64.4 Å². The van der Waals surface area contributed by atoms with Gasteiger partial charge < -0.3 is 0 Å². The second-order valence-electron chi connectivity index (χ2n) is 9.35. The lowest BCUT2D eigenvalue weighted by Gasteiger charge is -2.40. The van der Waals surface area contributed by atoms with Gasteiger partial charge >= 0.3 is 11.4 Å². The van der Waals surface area contributed by atoms with Crippen LogP contribution in [0.15, 0.2) is 37.0 Å². The van der Waals surface area contributed by atoms with Crippen LogP contribution in [0.1, 0.15) is 101 Å². The molecule has 9 heteroatoms. The Bertz CT molecular complexity index is 1240. The highest BCUT2D eigenvalue weighted by molar-refractivity contribution is 7.88. The molecule has 2 unspecified atom stereocenters. The van der Waals surface area contributed by atoms with E-state index in [1.54, 1.807) is 12.1 Å². The normalized spacial score (nSPS) is 20.3. The summed E-state index contributed by atoms with van der Waals surface area (Å²) in [5.74, 6) is 0. The molecule has 3 atom stereocenters. The van der Waals surface area contributed by atoms with Crippen molar-refractivity contribution < 1.29 is 8.09 Å². The largest absolute Gasteiger partial charge is 0.347 e. The topological polar surface area (TPSA) is 78.4 Å². The summed E-state index contributed by atoms with van der Waals surface area (Å²) in [4.78, 5) is 25.2. The fourth-order valence-electron chi connectivity index (χ4n) is 5.26. The van der Waals surface area contributed by atoms with E-state index in [1.165, 1.54) is 61.0 Å². The number of halogens is 1. The maximum absolute atomic E-state index is 15.1. The molecule has 0 amide bonds. The quantitative estimate of drug-likeness (QED) is 0.341. The Balaban J connectivity index is 1.42. The van der Waals surface area contributed by atoms with Crippen LogP contribution in [0, 0.1) is 0 Å². The summed E-state index contributed by atoms with van der Waals surface area (Å²) in [6, 6.07) is 4.27. The van der Waals surface area contributed by atoms with Crippen LogP contribution in [0.25, 0.3) is 0 Å². The van der Waals surface area contributed by atoms with E-state index in [9.17, 15) is 13.8 Å². The minimum absolute atomic E-state index is 0.0580. The van der Waals surface area contributed by atoms with E-state index in [4.69, 9.17) is 0 Å². The molecule has 0 saturated carbocycles. The van der Waals surface area contributed by atoms with E-state index in [0.29, 0.717) is 6.42 Å². The molecular weight excluding hydrogens is 443 g/mol. The summed E-state index contributed by atoms with van der Waals surface area (Å²) >= 11 is 0. The summed E-state index contributed by atoms with van der Waals surface area (Å²) in [6.45, 7) is 2.45. The van der Waals surface area contributed by atoms with Crippen molar-refractivity contribution in [3.05, 3.63) is 50.3 Å². The number of benzene rings is 1. The van der Waals surface area contributed by atoms with Crippen LogP contribution >= 0.6 is 0 Å². The van der Waals surface area contributed by atoms with Gasteiger partial charge in [-0.05, 0) is 42.5 Å². The summed E-state index contributed by atoms with van der Waals surface area (Å²) in [5.41, 5.74) is 0.966. The van der Waals surface area contributed by atoms with Crippen molar-refractivity contribution in [2.45, 2.75) is 94.5 Å². The van der Waals surface area contributed by atoms with Gasteiger partial charge in [0.2, 0.25) is 10.1 Å². The van der Waals surface area contributed by atoms with Crippen LogP contribution < -0.4 is 11.4 Å². The molecule has 0 fully saturated rings. The van der Waals surface area contributed by atoms with Crippen molar-refractivity contribution in [1.29, 1.82) is 0 Å². The Morgan fingerprint density at radius 2 is 1.45 bits per heavy atom. The molecule has 1 aromatic carbocycles. The second-order valence-corrected chi connectivity index (χ2v) is 11.0. The average molecular weight is 479 g/mol. The molecule has 0 radical (unpaired) electrons. The first-order valence-electron chi connectivity index (χ1n) is 12.3. The smallest absolute Gasteiger partial charge is 0.246 e. The van der Waals surface area contributed by atoms with E-state index < -0.39 is 10.1 Å². The highest BCUT2D eigenvalue weighted by atomic mass is 32.3. The molecule has 7 nitrogen and oxygen atoms in total. The van der Waals surface area contributed by atoms with E-state index in [2.05, 4.69) is 11.3 Å². The van der Waals surface area contributed by atoms with Gasteiger partial charge in [0.25, 0.3) is 0 Å². The fraction of sp³-hybridized carbons (Fsp3) is 0.667. The van der Waals surface area contributed by atoms with Crippen LogP contribution in [-0.2, 0) is 17.2 Å². The molecule has 2 aliphatic heterocycles. The second kappa shape index (κ2) is 9.99. The maximum Gasteiger partial charge on any atom is 0.347 e. The summed E-state index contributed by atoms with van der Waals surface area (Å²) in [6.07, 6.45) is 11.8. The van der Waals surface area contributed by atoms with E-state index in [-0.39, 0.29) is 34.9 Å². The SMILES string of the molecule is CCCCCCCCCCCN=[S@](=O)(F)c1ccc2c(c1)C1CCC2n2c(=O)n(C)c(=O)n21. The Hall–Kier alpha value is -2.16. The first-order chi connectivity index (χ1) is 15.9. The molecule has 2 aromatic rings. The Kier molecular flexibility index (Phi) is 7.26. The standard InChI is InChI=1S/C24H35FN4O3S/c1-3-4-5-6-7-8-9-10-11-16-26-33(25,32)18-12-13-19-20(17-18)22-15-14-21(19)28-23(30)27(2)24(31)29(22)28/h12-13,17,21-22H,3-11,14-16H2,1-2H3/t21?,22?,33-/m1/s1. The zero-order valence-corrected chi connectivity index (χ0v) is 20.5. The number of aromatic nitrogens is 3. The molecule has 1 aliphatic carbocycles. The molecule has 3 heterocycles. The van der Waals surface area contributed by atoms with Crippen LogP contribution in [0.5, 0.6) is 0 Å². The number of rotatable bonds is 11. The van der Waals surface area contributed by atoms with Crippen molar-refractivity contribution in [3.63, 3.8) is 0 Å². The van der Waals surface area contributed by atoms with Gasteiger partial charge in [-0.25, -0.2) is 32.1 Å². The number of fused-ring (bicyclic) bond motifs is 1. The molecule has 182 valence electrons. The molecule has 33 heavy (non-hydrogen) atoms. The van der Waals surface area contributed by atoms with Gasteiger partial charge in [0.15, 0.2) is 0 Å². The molecule has 3 aliphatic rings. The van der Waals surface area contributed by atoms with Gasteiger partial charge in [0.05, 0.1) is 23.5 Å². The van der Waals surface area contributed by atoms with Gasteiger partial charge in [-0.15, -0.1) is 3.89 Å². The van der Waals surface area contributed by atoms with Crippen molar-refractivity contribution in [3.8, 4) is 0 Å². The highest BCUT2D eigenvalue weighted by Gasteiger charge is 2.40. The number of nitrogens with zero attached hydrogens (tertiary/aromatic N) is 4. The van der Waals surface area contributed by atoms with Crippen molar-refractivity contribution in [2.24, 2.45) is 11.4 Å². The van der Waals surface area contributed by atoms with E-state index in [1.807, 2.05) is 0 Å². The molecule has 0 N–H and O–H groups in total. The average Bonchev–Trinajstić information content (AvgIpc) is 3.05. The summed E-state index contributed by atoms with van der Waals surface area (Å²) in [5, 5.41) is 0. The number of hydrogen-bond acceptors (Lipinski definition) is 4. The van der Waals surface area contributed by atoms with Gasteiger partial charge in [0.1, 0.15) is 0 Å². The maximum atomic E-state index is 15.1. The lowest BCUT2D eigenvalue weighted by Crippen LogP contribution is -2.43. The lowest BCUT2D eigenvalue weighted by molar-refractivity contribution is 0.237. The molecule has 0 spiro atoms. The third kappa shape index (κ3) is 4.61. The van der Waals surface area contributed by atoms with Crippen molar-refractivity contribution >= 4 is 10.1 Å². The van der Waals surface area contributed by atoms with Gasteiger partial charge in [-0.2, -0.15) is 0 Å². The summed E-state index contributed by atoms with van der Waals surface area (Å²) < 4.78 is 35.8. The predicted octanol–water partition coefficient (Wildman–Crippen LogP) is 4.88. The summed E-state index contributed by atoms with van der Waals surface area (Å²) in [7, 11) is -2.52. The zero-order chi connectivity index (χ0) is 23.6. The number of hydrogen-bond donors (Lipinski definition) is 0. The minimum Gasteiger partial charge on any atom is -0.246 e. The third-order valence-electron chi connectivity index (χ3n) is 7.09. The highest BCUT2D eigenvalue weighted by Crippen LogP contribution is 2.44. The first-order valence-corrected chi connectivity index (χ1v) is 13.7. The van der Waals surface area contributed by atoms with Crippen molar-refractivity contribution in [2.75, 3.05) is 6.54 Å². The Labute approximate surface area is 195 Å². The minimum atomic E-state index is -3.99. The molecule has 0 saturated heterocycles. The van der Waals surface area contributed by atoms with Crippen LogP contribution in [0.3, 0.4) is 0 Å². The third-order valence-corrected chi connectivity index (χ3v) is 8.44. The van der Waals surface area contributed by atoms with E-state index >= 15 is 3.89 Å². The molecule has 2 bridgehead atoms. The van der Waals surface area contributed by atoms with Crippen LogP contribution in [-0.4, -0.2) is 24.7 Å². The monoisotopic (exact) mass is 478 g/mol. The predicted molar refractivity (Wildman–Crippen MR) is 128 cm³/mol. The first kappa shape index (κ1) is 24.0.